The number of rotatable bonds is 4. The van der Waals surface area contributed by atoms with E-state index in [0.717, 1.165) is 19.5 Å². The summed E-state index contributed by atoms with van der Waals surface area (Å²) in [5, 5.41) is 11.7. The third-order valence-electron chi connectivity index (χ3n) is 3.48. The molecule has 1 aliphatic rings. The van der Waals surface area contributed by atoms with E-state index in [9.17, 15) is 0 Å². The van der Waals surface area contributed by atoms with Crippen LogP contribution in [0.1, 0.15) is 24.1 Å². The molecule has 4 heteroatoms. The Morgan fingerprint density at radius 3 is 2.94 bits per heavy atom. The normalized spacial score (nSPS) is 19.2. The second-order valence-corrected chi connectivity index (χ2v) is 4.86. The molecule has 1 N–H and O–H groups in total. The summed E-state index contributed by atoms with van der Waals surface area (Å²) in [7, 11) is 0. The molecule has 0 aliphatic carbocycles. The largest absolute Gasteiger partial charge is 0.312 e. The molecule has 2 heterocycles. The number of hydrogen-bond donors (Lipinski definition) is 1. The van der Waals surface area contributed by atoms with Crippen LogP contribution in [0.5, 0.6) is 0 Å². The van der Waals surface area contributed by atoms with Crippen LogP contribution in [0.4, 0.5) is 0 Å². The van der Waals surface area contributed by atoms with E-state index in [-0.39, 0.29) is 0 Å². The Hall–Kier alpha value is -1.68. The maximum absolute atomic E-state index is 4.20. The van der Waals surface area contributed by atoms with Crippen LogP contribution in [0.2, 0.25) is 0 Å². The molecule has 1 atom stereocenters. The molecule has 1 fully saturated rings. The molecule has 0 radical (unpaired) electrons. The molecule has 94 valence electrons. The van der Waals surface area contributed by atoms with Gasteiger partial charge in [0.15, 0.2) is 0 Å². The van der Waals surface area contributed by atoms with Gasteiger partial charge in [-0.25, -0.2) is 4.68 Å². The predicted octanol–water partition coefficient (Wildman–Crippen LogP) is 1.62. The molecule has 0 amide bonds. The van der Waals surface area contributed by atoms with Gasteiger partial charge in [0.2, 0.25) is 0 Å². The molecule has 3 rings (SSSR count). The first-order chi connectivity index (χ1) is 8.92. The minimum atomic E-state index is 0.557. The van der Waals surface area contributed by atoms with Gasteiger partial charge in [0, 0.05) is 12.5 Å². The Morgan fingerprint density at radius 2 is 2.17 bits per heavy atom. The molecule has 0 saturated carbocycles. The summed E-state index contributed by atoms with van der Waals surface area (Å²) in [6, 6.07) is 11.0. The van der Waals surface area contributed by atoms with Crippen molar-refractivity contribution in [3.63, 3.8) is 0 Å². The van der Waals surface area contributed by atoms with Gasteiger partial charge in [0.25, 0.3) is 0 Å². The molecule has 0 bridgehead atoms. The van der Waals surface area contributed by atoms with Crippen LogP contribution in [0.25, 0.3) is 0 Å². The standard InChI is InChI=1S/C14H18N4/c1-2-5-12(6-3-1)9-14-10-16-17-18(14)11-13-7-4-8-15-13/h1-3,5-6,10,13,15H,4,7-9,11H2. The molecule has 2 aromatic rings. The van der Waals surface area contributed by atoms with Gasteiger partial charge >= 0.3 is 0 Å². The molecule has 18 heavy (non-hydrogen) atoms. The predicted molar refractivity (Wildman–Crippen MR) is 70.3 cm³/mol. The fraction of sp³-hybridized carbons (Fsp3) is 0.429. The highest BCUT2D eigenvalue weighted by Gasteiger charge is 2.16. The quantitative estimate of drug-likeness (QED) is 0.886. The van der Waals surface area contributed by atoms with Gasteiger partial charge in [-0.1, -0.05) is 35.5 Å². The number of nitrogens with one attached hydrogen (secondary N) is 1. The Balaban J connectivity index is 1.71. The van der Waals surface area contributed by atoms with Crippen LogP contribution >= 0.6 is 0 Å². The number of aromatic nitrogens is 3. The summed E-state index contributed by atoms with van der Waals surface area (Å²) >= 11 is 0. The molecular formula is C14H18N4. The maximum atomic E-state index is 4.20. The van der Waals surface area contributed by atoms with E-state index in [1.54, 1.807) is 0 Å². The summed E-state index contributed by atoms with van der Waals surface area (Å²) in [5.41, 5.74) is 2.50. The second-order valence-electron chi connectivity index (χ2n) is 4.86. The van der Waals surface area contributed by atoms with Gasteiger partial charge in [-0.2, -0.15) is 0 Å². The number of benzene rings is 1. The van der Waals surface area contributed by atoms with Crippen molar-refractivity contribution in [2.75, 3.05) is 6.54 Å². The first kappa shape index (κ1) is 11.4. The van der Waals surface area contributed by atoms with Crippen molar-refractivity contribution in [2.45, 2.75) is 31.8 Å². The monoisotopic (exact) mass is 242 g/mol. The maximum Gasteiger partial charge on any atom is 0.0728 e. The fourth-order valence-corrected chi connectivity index (χ4v) is 2.50. The zero-order valence-electron chi connectivity index (χ0n) is 10.4. The van der Waals surface area contributed by atoms with E-state index < -0.39 is 0 Å². The Bertz CT molecular complexity index is 486. The number of nitrogens with zero attached hydrogens (tertiary/aromatic N) is 3. The Labute approximate surface area is 107 Å². The number of hydrogen-bond acceptors (Lipinski definition) is 3. The van der Waals surface area contributed by atoms with Crippen molar-refractivity contribution in [1.29, 1.82) is 0 Å². The Morgan fingerprint density at radius 1 is 1.28 bits per heavy atom. The molecular weight excluding hydrogens is 224 g/mol. The summed E-state index contributed by atoms with van der Waals surface area (Å²) in [6.07, 6.45) is 5.29. The Kier molecular flexibility index (Phi) is 3.37. The van der Waals surface area contributed by atoms with Gasteiger partial charge in [0.05, 0.1) is 18.4 Å². The molecule has 0 spiro atoms. The van der Waals surface area contributed by atoms with Crippen molar-refractivity contribution in [3.05, 3.63) is 47.8 Å². The van der Waals surface area contributed by atoms with E-state index in [1.807, 2.05) is 16.9 Å². The molecule has 1 unspecified atom stereocenters. The summed E-state index contributed by atoms with van der Waals surface area (Å²) in [6.45, 7) is 2.07. The lowest BCUT2D eigenvalue weighted by atomic mass is 10.1. The van der Waals surface area contributed by atoms with Gasteiger partial charge in [-0.15, -0.1) is 5.10 Å². The molecule has 1 aromatic carbocycles. The van der Waals surface area contributed by atoms with Crippen molar-refractivity contribution < 1.29 is 0 Å². The van der Waals surface area contributed by atoms with Crippen LogP contribution in [0, 0.1) is 0 Å². The zero-order valence-corrected chi connectivity index (χ0v) is 10.4. The second kappa shape index (κ2) is 5.31. The lowest BCUT2D eigenvalue weighted by Crippen LogP contribution is -2.28. The molecule has 4 nitrogen and oxygen atoms in total. The third kappa shape index (κ3) is 2.59. The van der Waals surface area contributed by atoms with E-state index in [1.165, 1.54) is 24.1 Å². The van der Waals surface area contributed by atoms with E-state index in [0.29, 0.717) is 6.04 Å². The topological polar surface area (TPSA) is 42.7 Å². The van der Waals surface area contributed by atoms with Gasteiger partial charge in [-0.3, -0.25) is 0 Å². The fourth-order valence-electron chi connectivity index (χ4n) is 2.50. The molecule has 1 saturated heterocycles. The smallest absolute Gasteiger partial charge is 0.0728 e. The van der Waals surface area contributed by atoms with Crippen molar-refractivity contribution >= 4 is 0 Å². The zero-order chi connectivity index (χ0) is 12.2. The van der Waals surface area contributed by atoms with Crippen molar-refractivity contribution in [1.82, 2.24) is 20.3 Å². The van der Waals surface area contributed by atoms with Crippen molar-refractivity contribution in [2.24, 2.45) is 0 Å². The minimum Gasteiger partial charge on any atom is -0.312 e. The average molecular weight is 242 g/mol. The van der Waals surface area contributed by atoms with Gasteiger partial charge in [0.1, 0.15) is 0 Å². The summed E-state index contributed by atoms with van der Waals surface area (Å²) in [4.78, 5) is 0. The van der Waals surface area contributed by atoms with E-state index in [4.69, 9.17) is 0 Å². The lowest BCUT2D eigenvalue weighted by Gasteiger charge is -2.12. The molecule has 1 aromatic heterocycles. The lowest BCUT2D eigenvalue weighted by molar-refractivity contribution is 0.457. The highest BCUT2D eigenvalue weighted by Crippen LogP contribution is 2.11. The third-order valence-corrected chi connectivity index (χ3v) is 3.48. The van der Waals surface area contributed by atoms with Crippen LogP contribution in [-0.4, -0.2) is 27.6 Å². The summed E-state index contributed by atoms with van der Waals surface area (Å²) in [5.74, 6) is 0. The van der Waals surface area contributed by atoms with E-state index >= 15 is 0 Å². The van der Waals surface area contributed by atoms with Crippen LogP contribution < -0.4 is 5.32 Å². The van der Waals surface area contributed by atoms with Crippen LogP contribution in [0.3, 0.4) is 0 Å². The highest BCUT2D eigenvalue weighted by molar-refractivity contribution is 5.20. The molecule has 1 aliphatic heterocycles. The SMILES string of the molecule is c1ccc(Cc2cnnn2CC2CCCN2)cc1. The first-order valence-electron chi connectivity index (χ1n) is 6.56. The van der Waals surface area contributed by atoms with Gasteiger partial charge < -0.3 is 5.32 Å². The van der Waals surface area contributed by atoms with Gasteiger partial charge in [-0.05, 0) is 24.9 Å². The van der Waals surface area contributed by atoms with Crippen molar-refractivity contribution in [3.8, 4) is 0 Å². The minimum absolute atomic E-state index is 0.557. The highest BCUT2D eigenvalue weighted by atomic mass is 15.4. The van der Waals surface area contributed by atoms with Crippen LogP contribution in [0.15, 0.2) is 36.5 Å². The average Bonchev–Trinajstić information content (AvgIpc) is 3.04. The first-order valence-corrected chi connectivity index (χ1v) is 6.56. The van der Waals surface area contributed by atoms with Crippen LogP contribution in [-0.2, 0) is 13.0 Å². The van der Waals surface area contributed by atoms with E-state index in [2.05, 4.69) is 39.9 Å². The summed E-state index contributed by atoms with van der Waals surface area (Å²) < 4.78 is 2.04.